The van der Waals surface area contributed by atoms with Crippen molar-refractivity contribution >= 4 is 0 Å². The van der Waals surface area contributed by atoms with Gasteiger partial charge in [-0.1, -0.05) is 48.0 Å². The van der Waals surface area contributed by atoms with Crippen molar-refractivity contribution in [3.63, 3.8) is 0 Å². The zero-order valence-electron chi connectivity index (χ0n) is 73.6. The standard InChI is InChI=1S/C81H164O29/c1-24-30-31-100-59-76(38-88-12,39-89-13)60-106-63-78(42-92-16,43-93-17)64-108-67-80(46-96-20,47-97-21)68-110-70-81(48-98-22,49-99-23)69-109-66-79(44-94-18,45-95-19)65-107-62-77(40-90-14,41-91-15)61-105-58-75(29-6,37-87-11)57-104-56-74(28-5,36-86-10)55-103-54-73(27-4,35-85-9)53-102-52-72(26-3,34-84-8)51-101-50-71(25-2,32-82)33-83-7/h82H,24-70H2,1-23H3. The Labute approximate surface area is 666 Å². The van der Waals surface area contributed by atoms with Crippen LogP contribution < -0.4 is 0 Å². The first-order valence-corrected chi connectivity index (χ1v) is 39.3. The minimum atomic E-state index is -0.775. The van der Waals surface area contributed by atoms with Crippen molar-refractivity contribution in [3.05, 3.63) is 0 Å². The molecular formula is C81H164O29. The molecule has 0 spiro atoms. The molecule has 29 nitrogen and oxygen atoms in total. The van der Waals surface area contributed by atoms with Crippen molar-refractivity contribution < 1.29 is 138 Å². The van der Waals surface area contributed by atoms with Gasteiger partial charge in [-0.05, 0) is 38.5 Å². The summed E-state index contributed by atoms with van der Waals surface area (Å²) in [5.74, 6) is 0. The topological polar surface area (TPSA) is 279 Å². The van der Waals surface area contributed by atoms with Crippen molar-refractivity contribution in [2.45, 2.75) is 86.5 Å². The maximum atomic E-state index is 10.3. The van der Waals surface area contributed by atoms with E-state index in [1.54, 1.807) is 121 Å². The lowest BCUT2D eigenvalue weighted by molar-refractivity contribution is -0.162. The molecule has 0 saturated heterocycles. The summed E-state index contributed by atoms with van der Waals surface area (Å²) in [4.78, 5) is 0. The quantitative estimate of drug-likeness (QED) is 0.0567. The number of methoxy groups -OCH3 is 17. The van der Waals surface area contributed by atoms with E-state index in [9.17, 15) is 5.11 Å². The van der Waals surface area contributed by atoms with Crippen LogP contribution in [0.5, 0.6) is 0 Å². The summed E-state index contributed by atoms with van der Waals surface area (Å²) in [5, 5.41) is 10.3. The molecular weight excluding hydrogens is 1440 g/mol. The Morgan fingerprint density at radius 3 is 0.400 bits per heavy atom. The number of hydrogen-bond acceptors (Lipinski definition) is 29. The van der Waals surface area contributed by atoms with Crippen LogP contribution >= 0.6 is 0 Å². The zero-order valence-corrected chi connectivity index (χ0v) is 73.6. The fraction of sp³-hybridized carbons (Fsp3) is 1.00. The molecule has 0 aliphatic rings. The van der Waals surface area contributed by atoms with Gasteiger partial charge in [-0.15, -0.1) is 0 Å². The Kier molecular flexibility index (Phi) is 62.3. The van der Waals surface area contributed by atoms with E-state index in [0.717, 1.165) is 32.1 Å². The number of unbranched alkanes of at least 4 members (excludes halogenated alkanes) is 1. The lowest BCUT2D eigenvalue weighted by Gasteiger charge is -2.39. The number of aliphatic hydroxyl groups is 1. The molecule has 0 aromatic heterocycles. The van der Waals surface area contributed by atoms with Crippen LogP contribution in [0.3, 0.4) is 0 Å². The number of rotatable bonds is 85. The second-order valence-electron chi connectivity index (χ2n) is 32.1. The van der Waals surface area contributed by atoms with E-state index >= 15 is 0 Å². The summed E-state index contributed by atoms with van der Waals surface area (Å²) in [6.45, 7) is 24.9. The van der Waals surface area contributed by atoms with Gasteiger partial charge < -0.3 is 138 Å². The highest BCUT2D eigenvalue weighted by molar-refractivity contribution is 4.90. The highest BCUT2D eigenvalue weighted by Gasteiger charge is 2.44. The van der Waals surface area contributed by atoms with Gasteiger partial charge >= 0.3 is 0 Å². The minimum absolute atomic E-state index is 0.0341. The van der Waals surface area contributed by atoms with Crippen LogP contribution in [0.2, 0.25) is 0 Å². The molecule has 0 aromatic rings. The summed E-state index contributed by atoms with van der Waals surface area (Å²) in [7, 11) is 28.3. The van der Waals surface area contributed by atoms with E-state index in [-0.39, 0.29) is 126 Å². The van der Waals surface area contributed by atoms with E-state index < -0.39 is 59.6 Å². The Morgan fingerprint density at radius 2 is 0.273 bits per heavy atom. The normalized spacial score (nSPS) is 15.8. The molecule has 0 heterocycles. The molecule has 0 saturated carbocycles. The van der Waals surface area contributed by atoms with Crippen molar-refractivity contribution in [2.75, 3.05) is 385 Å². The third kappa shape index (κ3) is 40.5. The van der Waals surface area contributed by atoms with Crippen molar-refractivity contribution in [1.82, 2.24) is 0 Å². The molecule has 0 rings (SSSR count). The second-order valence-corrected chi connectivity index (χ2v) is 32.1. The monoisotopic (exact) mass is 1600 g/mol. The van der Waals surface area contributed by atoms with E-state index in [1.807, 2.05) is 6.92 Å². The molecule has 0 amide bonds. The molecule has 0 aliphatic carbocycles. The summed E-state index contributed by atoms with van der Waals surface area (Å²) >= 11 is 0. The molecule has 110 heavy (non-hydrogen) atoms. The number of aliphatic hydroxyl groups excluding tert-OH is 1. The van der Waals surface area contributed by atoms with Gasteiger partial charge in [-0.25, -0.2) is 0 Å². The van der Waals surface area contributed by atoms with Crippen LogP contribution in [0.25, 0.3) is 0 Å². The van der Waals surface area contributed by atoms with E-state index in [1.165, 1.54) is 0 Å². The van der Waals surface area contributed by atoms with Gasteiger partial charge in [0.2, 0.25) is 0 Å². The van der Waals surface area contributed by atoms with Gasteiger partial charge in [0.25, 0.3) is 0 Å². The molecule has 0 radical (unpaired) electrons. The summed E-state index contributed by atoms with van der Waals surface area (Å²) in [5.41, 5.74) is -6.62. The molecule has 0 fully saturated rings. The van der Waals surface area contributed by atoms with Crippen molar-refractivity contribution in [3.8, 4) is 0 Å². The third-order valence-corrected chi connectivity index (χ3v) is 21.0. The first-order chi connectivity index (χ1) is 53.0. The van der Waals surface area contributed by atoms with Gasteiger partial charge in [0.15, 0.2) is 0 Å². The smallest absolute Gasteiger partial charge is 0.0637 e. The Hall–Kier alpha value is -1.16. The van der Waals surface area contributed by atoms with Gasteiger partial charge in [-0.3, -0.25) is 0 Å². The van der Waals surface area contributed by atoms with E-state index in [4.69, 9.17) is 133 Å². The first kappa shape index (κ1) is 109. The van der Waals surface area contributed by atoms with Crippen LogP contribution in [0.15, 0.2) is 0 Å². The van der Waals surface area contributed by atoms with Crippen LogP contribution in [-0.4, -0.2) is 390 Å². The molecule has 29 heteroatoms. The van der Waals surface area contributed by atoms with Crippen LogP contribution in [0, 0.1) is 59.6 Å². The van der Waals surface area contributed by atoms with Gasteiger partial charge in [-0.2, -0.15) is 0 Å². The molecule has 5 atom stereocenters. The predicted molar refractivity (Wildman–Crippen MR) is 421 cm³/mol. The largest absolute Gasteiger partial charge is 0.396 e. The molecule has 0 aromatic carbocycles. The van der Waals surface area contributed by atoms with Crippen molar-refractivity contribution in [1.29, 1.82) is 0 Å². The molecule has 1 N–H and O–H groups in total. The minimum Gasteiger partial charge on any atom is -0.396 e. The fourth-order valence-electron chi connectivity index (χ4n) is 14.3. The first-order valence-electron chi connectivity index (χ1n) is 39.3. The highest BCUT2D eigenvalue weighted by Crippen LogP contribution is 2.36. The van der Waals surface area contributed by atoms with Crippen LogP contribution in [0.4, 0.5) is 0 Å². The molecule has 0 aliphatic heterocycles. The highest BCUT2D eigenvalue weighted by atomic mass is 16.6. The Morgan fingerprint density at radius 1 is 0.155 bits per heavy atom. The van der Waals surface area contributed by atoms with Gasteiger partial charge in [0, 0.05) is 155 Å². The zero-order chi connectivity index (χ0) is 82.5. The molecule has 5 unspecified atom stereocenters. The maximum Gasteiger partial charge on any atom is 0.0637 e. The molecule has 0 bridgehead atoms. The lowest BCUT2D eigenvalue weighted by Crippen LogP contribution is -2.48. The third-order valence-electron chi connectivity index (χ3n) is 21.0. The average Bonchev–Trinajstić information content (AvgIpc) is 0.845. The van der Waals surface area contributed by atoms with Gasteiger partial charge in [0.05, 0.1) is 290 Å². The van der Waals surface area contributed by atoms with Gasteiger partial charge in [0.1, 0.15) is 0 Å². The summed E-state index contributed by atoms with van der Waals surface area (Å²) in [6.07, 6.45) is 5.64. The Balaban J connectivity index is 6.58. The van der Waals surface area contributed by atoms with E-state index in [0.29, 0.717) is 152 Å². The lowest BCUT2D eigenvalue weighted by atomic mass is 9.85. The number of ether oxygens (including phenoxy) is 28. The maximum absolute atomic E-state index is 10.3. The van der Waals surface area contributed by atoms with E-state index in [2.05, 4.69) is 34.6 Å². The summed E-state index contributed by atoms with van der Waals surface area (Å²) < 4.78 is 172. The average molecular weight is 1600 g/mol. The molecule has 662 valence electrons. The predicted octanol–water partition coefficient (Wildman–Crippen LogP) is 7.85. The Bertz CT molecular complexity index is 2050. The SMILES string of the molecule is CCCCOCC(COC)(COC)COCC(COC)(COC)COCC(COC)(COC)COCC(COC)(COC)COCC(COC)(COC)COCC(COC)(COC)COCC(CC)(COC)COCC(CC)(COC)COCC(CC)(COC)COCC(CC)(COC)COCC(CC)(CO)COC. The van der Waals surface area contributed by atoms with Crippen molar-refractivity contribution in [2.24, 2.45) is 59.6 Å². The number of hydrogen-bond donors (Lipinski definition) is 1. The fourth-order valence-corrected chi connectivity index (χ4v) is 14.3. The second kappa shape index (κ2) is 62.9. The summed E-state index contributed by atoms with van der Waals surface area (Å²) in [6, 6.07) is 0. The van der Waals surface area contributed by atoms with Crippen LogP contribution in [0.1, 0.15) is 86.5 Å². The van der Waals surface area contributed by atoms with Crippen LogP contribution in [-0.2, 0) is 133 Å².